The van der Waals surface area contributed by atoms with E-state index in [1.165, 1.54) is 12.1 Å². The molecule has 0 aliphatic rings. The molecule has 21 heavy (non-hydrogen) atoms. The monoisotopic (exact) mass is 316 g/mol. The van der Waals surface area contributed by atoms with Crippen molar-refractivity contribution in [3.63, 3.8) is 0 Å². The summed E-state index contributed by atoms with van der Waals surface area (Å²) >= 11 is 11.9. The lowest BCUT2D eigenvalue weighted by atomic mass is 10.2. The SMILES string of the molecule is N#Cc1ccc(NC(=O)C=Cc2ccccc2Cl)cc1Cl. The average molecular weight is 317 g/mol. The highest BCUT2D eigenvalue weighted by atomic mass is 35.5. The molecule has 0 saturated carbocycles. The molecule has 2 aromatic rings. The van der Waals surface area contributed by atoms with Crippen molar-refractivity contribution in [2.45, 2.75) is 0 Å². The van der Waals surface area contributed by atoms with Crippen molar-refractivity contribution in [1.29, 1.82) is 5.26 Å². The van der Waals surface area contributed by atoms with E-state index < -0.39 is 0 Å². The number of amides is 1. The van der Waals surface area contributed by atoms with Gasteiger partial charge in [-0.3, -0.25) is 4.79 Å². The van der Waals surface area contributed by atoms with Gasteiger partial charge in [-0.2, -0.15) is 5.26 Å². The highest BCUT2D eigenvalue weighted by Crippen LogP contribution is 2.20. The molecule has 0 fully saturated rings. The maximum Gasteiger partial charge on any atom is 0.248 e. The summed E-state index contributed by atoms with van der Waals surface area (Å²) in [6.07, 6.45) is 3.01. The van der Waals surface area contributed by atoms with E-state index in [9.17, 15) is 4.79 Å². The lowest BCUT2D eigenvalue weighted by Crippen LogP contribution is -2.07. The third-order valence-corrected chi connectivity index (χ3v) is 3.33. The van der Waals surface area contributed by atoms with Crippen LogP contribution in [-0.2, 0) is 4.79 Å². The summed E-state index contributed by atoms with van der Waals surface area (Å²) in [6, 6.07) is 13.9. The molecule has 2 aromatic carbocycles. The van der Waals surface area contributed by atoms with Gasteiger partial charge in [0.1, 0.15) is 6.07 Å². The molecule has 3 nitrogen and oxygen atoms in total. The molecular formula is C16H10Cl2N2O. The van der Waals surface area contributed by atoms with Gasteiger partial charge < -0.3 is 5.32 Å². The Bertz CT molecular complexity index is 748. The van der Waals surface area contributed by atoms with E-state index in [4.69, 9.17) is 28.5 Å². The van der Waals surface area contributed by atoms with Crippen LogP contribution < -0.4 is 5.32 Å². The van der Waals surface area contributed by atoms with Gasteiger partial charge >= 0.3 is 0 Å². The average Bonchev–Trinajstić information content (AvgIpc) is 2.46. The summed E-state index contributed by atoms with van der Waals surface area (Å²) in [7, 11) is 0. The highest BCUT2D eigenvalue weighted by Gasteiger charge is 2.03. The van der Waals surface area contributed by atoms with Crippen LogP contribution in [0.5, 0.6) is 0 Å². The normalized spacial score (nSPS) is 10.3. The quantitative estimate of drug-likeness (QED) is 0.846. The molecule has 0 unspecified atom stereocenters. The Kier molecular flexibility index (Phi) is 4.99. The zero-order valence-corrected chi connectivity index (χ0v) is 12.3. The van der Waals surface area contributed by atoms with E-state index in [1.54, 1.807) is 24.3 Å². The molecule has 0 aliphatic heterocycles. The van der Waals surface area contributed by atoms with Gasteiger partial charge in [0.25, 0.3) is 0 Å². The van der Waals surface area contributed by atoms with Gasteiger partial charge in [0.2, 0.25) is 5.91 Å². The first kappa shape index (κ1) is 15.1. The van der Waals surface area contributed by atoms with Crippen molar-refractivity contribution < 1.29 is 4.79 Å². The predicted molar refractivity (Wildman–Crippen MR) is 85.3 cm³/mol. The first-order chi connectivity index (χ1) is 10.1. The van der Waals surface area contributed by atoms with Gasteiger partial charge in [0, 0.05) is 16.8 Å². The Balaban J connectivity index is 2.07. The van der Waals surface area contributed by atoms with Crippen LogP contribution in [0.4, 0.5) is 5.69 Å². The van der Waals surface area contributed by atoms with Crippen LogP contribution in [0, 0.1) is 11.3 Å². The summed E-state index contributed by atoms with van der Waals surface area (Å²) in [5.41, 5.74) is 1.64. The lowest BCUT2D eigenvalue weighted by Gasteiger charge is -2.03. The fourth-order valence-corrected chi connectivity index (χ4v) is 2.06. The Hall–Kier alpha value is -2.28. The van der Waals surface area contributed by atoms with Gasteiger partial charge in [-0.25, -0.2) is 0 Å². The van der Waals surface area contributed by atoms with Crippen LogP contribution in [0.25, 0.3) is 6.08 Å². The third-order valence-electron chi connectivity index (χ3n) is 2.68. The smallest absolute Gasteiger partial charge is 0.248 e. The standard InChI is InChI=1S/C16H10Cl2N2O/c17-14-4-2-1-3-11(14)6-8-16(21)20-13-7-5-12(10-19)15(18)9-13/h1-9H,(H,20,21). The third kappa shape index (κ3) is 4.09. The second-order valence-electron chi connectivity index (χ2n) is 4.15. The molecule has 0 radical (unpaired) electrons. The number of nitrogens with zero attached hydrogens (tertiary/aromatic N) is 1. The van der Waals surface area contributed by atoms with Gasteiger partial charge in [-0.05, 0) is 35.9 Å². The lowest BCUT2D eigenvalue weighted by molar-refractivity contribution is -0.111. The van der Waals surface area contributed by atoms with E-state index in [1.807, 2.05) is 24.3 Å². The molecule has 0 aromatic heterocycles. The Morgan fingerprint density at radius 1 is 1.14 bits per heavy atom. The summed E-state index contributed by atoms with van der Waals surface area (Å²) in [5.74, 6) is -0.310. The molecule has 0 saturated heterocycles. The Morgan fingerprint density at radius 3 is 2.57 bits per heavy atom. The van der Waals surface area contributed by atoms with Crippen LogP contribution in [0.1, 0.15) is 11.1 Å². The molecule has 5 heteroatoms. The molecule has 0 heterocycles. The van der Waals surface area contributed by atoms with Crippen LogP contribution in [0.3, 0.4) is 0 Å². The molecule has 1 N–H and O–H groups in total. The molecular weight excluding hydrogens is 307 g/mol. The van der Waals surface area contributed by atoms with Crippen molar-refractivity contribution >= 4 is 40.9 Å². The second-order valence-corrected chi connectivity index (χ2v) is 4.96. The van der Waals surface area contributed by atoms with E-state index in [2.05, 4.69) is 5.32 Å². The number of nitriles is 1. The van der Waals surface area contributed by atoms with Crippen molar-refractivity contribution in [3.8, 4) is 6.07 Å². The van der Waals surface area contributed by atoms with Crippen LogP contribution in [0.15, 0.2) is 48.5 Å². The fraction of sp³-hybridized carbons (Fsp3) is 0. The molecule has 104 valence electrons. The summed E-state index contributed by atoms with van der Waals surface area (Å²) in [4.78, 5) is 11.8. The molecule has 1 amide bonds. The van der Waals surface area contributed by atoms with Crippen molar-refractivity contribution in [1.82, 2.24) is 0 Å². The van der Waals surface area contributed by atoms with E-state index in [0.717, 1.165) is 5.56 Å². The number of hydrogen-bond acceptors (Lipinski definition) is 2. The predicted octanol–water partition coefficient (Wildman–Crippen LogP) is 4.52. The molecule has 0 aliphatic carbocycles. The van der Waals surface area contributed by atoms with Gasteiger partial charge in [-0.15, -0.1) is 0 Å². The number of hydrogen-bond donors (Lipinski definition) is 1. The van der Waals surface area contributed by atoms with Crippen molar-refractivity contribution in [2.24, 2.45) is 0 Å². The molecule has 0 atom stereocenters. The zero-order valence-electron chi connectivity index (χ0n) is 10.8. The van der Waals surface area contributed by atoms with Gasteiger partial charge in [0.05, 0.1) is 10.6 Å². The fourth-order valence-electron chi connectivity index (χ4n) is 1.64. The summed E-state index contributed by atoms with van der Waals surface area (Å²) < 4.78 is 0. The minimum Gasteiger partial charge on any atom is -0.322 e. The van der Waals surface area contributed by atoms with Crippen LogP contribution >= 0.6 is 23.2 Å². The summed E-state index contributed by atoms with van der Waals surface area (Å²) in [5, 5.41) is 12.3. The first-order valence-electron chi connectivity index (χ1n) is 6.03. The largest absolute Gasteiger partial charge is 0.322 e. The second kappa shape index (κ2) is 6.94. The van der Waals surface area contributed by atoms with Crippen molar-refractivity contribution in [3.05, 3.63) is 69.7 Å². The number of anilines is 1. The maximum absolute atomic E-state index is 11.8. The van der Waals surface area contributed by atoms with Crippen LogP contribution in [-0.4, -0.2) is 5.91 Å². The molecule has 0 bridgehead atoms. The Labute approximate surface area is 132 Å². The number of nitrogens with one attached hydrogen (secondary N) is 1. The van der Waals surface area contributed by atoms with E-state index in [-0.39, 0.29) is 5.91 Å². The van der Waals surface area contributed by atoms with Crippen molar-refractivity contribution in [2.75, 3.05) is 5.32 Å². The van der Waals surface area contributed by atoms with E-state index >= 15 is 0 Å². The first-order valence-corrected chi connectivity index (χ1v) is 6.79. The topological polar surface area (TPSA) is 52.9 Å². The number of halogens is 2. The van der Waals surface area contributed by atoms with Gasteiger partial charge in [0.15, 0.2) is 0 Å². The molecule has 0 spiro atoms. The highest BCUT2D eigenvalue weighted by molar-refractivity contribution is 6.32. The number of carbonyl (C=O) groups is 1. The number of rotatable bonds is 3. The minimum absolute atomic E-state index is 0.297. The maximum atomic E-state index is 11.8. The minimum atomic E-state index is -0.310. The van der Waals surface area contributed by atoms with E-state index in [0.29, 0.717) is 21.3 Å². The zero-order chi connectivity index (χ0) is 15.2. The van der Waals surface area contributed by atoms with Gasteiger partial charge in [-0.1, -0.05) is 41.4 Å². The molecule has 2 rings (SSSR count). The van der Waals surface area contributed by atoms with Crippen LogP contribution in [0.2, 0.25) is 10.0 Å². The Morgan fingerprint density at radius 2 is 1.90 bits per heavy atom. The summed E-state index contributed by atoms with van der Waals surface area (Å²) in [6.45, 7) is 0. The number of benzene rings is 2. The number of carbonyl (C=O) groups excluding carboxylic acids is 1.